The molecule has 6 heteroatoms. The van der Waals surface area contributed by atoms with Crippen molar-refractivity contribution in [1.29, 1.82) is 0 Å². The van der Waals surface area contributed by atoms with Gasteiger partial charge in [0.2, 0.25) is 0 Å². The van der Waals surface area contributed by atoms with Gasteiger partial charge in [0.05, 0.1) is 6.10 Å². The van der Waals surface area contributed by atoms with Crippen LogP contribution >= 0.6 is 0 Å². The average Bonchev–Trinajstić information content (AvgIpc) is 2.42. The molecule has 2 unspecified atom stereocenters. The van der Waals surface area contributed by atoms with Crippen molar-refractivity contribution in [2.24, 2.45) is 5.41 Å². The van der Waals surface area contributed by atoms with Gasteiger partial charge in [-0.15, -0.1) is 10.2 Å². The van der Waals surface area contributed by atoms with E-state index in [9.17, 15) is 4.79 Å². The van der Waals surface area contributed by atoms with Crippen molar-refractivity contribution in [3.63, 3.8) is 0 Å². The molecule has 6 nitrogen and oxygen atoms in total. The summed E-state index contributed by atoms with van der Waals surface area (Å²) in [5, 5.41) is 13.6. The predicted molar refractivity (Wildman–Crippen MR) is 72.0 cm³/mol. The second-order valence-electron chi connectivity index (χ2n) is 5.36. The number of aromatic nitrogens is 2. The Balaban J connectivity index is 1.98. The molecule has 0 spiro atoms. The van der Waals surface area contributed by atoms with Crippen LogP contribution in [-0.4, -0.2) is 42.4 Å². The fourth-order valence-electron chi connectivity index (χ4n) is 2.35. The Kier molecular flexibility index (Phi) is 3.71. The lowest BCUT2D eigenvalue weighted by Gasteiger charge is -2.51. The molecule has 0 saturated heterocycles. The Bertz CT molecular complexity index is 458. The molecule has 2 N–H and O–H groups in total. The van der Waals surface area contributed by atoms with Crippen LogP contribution in [0.25, 0.3) is 0 Å². The number of nitrogens with one attached hydrogen (secondary N) is 2. The Morgan fingerprint density at radius 1 is 1.42 bits per heavy atom. The van der Waals surface area contributed by atoms with E-state index in [0.717, 1.165) is 6.42 Å². The molecule has 2 atom stereocenters. The number of hydrogen-bond acceptors (Lipinski definition) is 5. The van der Waals surface area contributed by atoms with Crippen LogP contribution in [0.3, 0.4) is 0 Å². The van der Waals surface area contributed by atoms with Crippen molar-refractivity contribution < 1.29 is 9.53 Å². The molecule has 0 radical (unpaired) electrons. The largest absolute Gasteiger partial charge is 0.381 e. The van der Waals surface area contributed by atoms with Crippen LogP contribution in [0.5, 0.6) is 0 Å². The van der Waals surface area contributed by atoms with Crippen LogP contribution < -0.4 is 10.6 Å². The number of anilines is 1. The van der Waals surface area contributed by atoms with E-state index in [4.69, 9.17) is 4.74 Å². The highest BCUT2D eigenvalue weighted by atomic mass is 16.5. The van der Waals surface area contributed by atoms with E-state index >= 15 is 0 Å². The molecular weight excluding hydrogens is 244 g/mol. The number of amides is 1. The van der Waals surface area contributed by atoms with Crippen molar-refractivity contribution in [3.05, 3.63) is 17.8 Å². The number of ether oxygens (including phenoxy) is 1. The van der Waals surface area contributed by atoms with Crippen LogP contribution in [0.1, 0.15) is 30.8 Å². The van der Waals surface area contributed by atoms with E-state index in [1.54, 1.807) is 26.3 Å². The Labute approximate surface area is 112 Å². The van der Waals surface area contributed by atoms with Crippen LogP contribution in [-0.2, 0) is 4.74 Å². The van der Waals surface area contributed by atoms with E-state index in [1.165, 1.54) is 0 Å². The maximum atomic E-state index is 12.1. The number of rotatable bonds is 4. The summed E-state index contributed by atoms with van der Waals surface area (Å²) >= 11 is 0. The lowest BCUT2D eigenvalue weighted by Crippen LogP contribution is -2.61. The molecule has 1 aromatic heterocycles. The molecular formula is C13H20N4O2. The van der Waals surface area contributed by atoms with Gasteiger partial charge in [-0.2, -0.15) is 0 Å². The average molecular weight is 264 g/mol. The van der Waals surface area contributed by atoms with Crippen LogP contribution in [0.15, 0.2) is 12.1 Å². The third-order valence-corrected chi connectivity index (χ3v) is 3.92. The van der Waals surface area contributed by atoms with Crippen LogP contribution in [0, 0.1) is 5.41 Å². The van der Waals surface area contributed by atoms with Crippen molar-refractivity contribution in [2.45, 2.75) is 32.4 Å². The first-order valence-corrected chi connectivity index (χ1v) is 6.34. The maximum absolute atomic E-state index is 12.1. The van der Waals surface area contributed by atoms with Gasteiger partial charge < -0.3 is 15.4 Å². The summed E-state index contributed by atoms with van der Waals surface area (Å²) in [7, 11) is 3.46. The van der Waals surface area contributed by atoms with Gasteiger partial charge in [-0.05, 0) is 18.6 Å². The standard InChI is InChI=1S/C13H20N4O2/c1-13(2)9(7-10(13)19-4)15-12(18)8-5-6-11(14-3)17-16-8/h5-6,9-10H,7H2,1-4H3,(H,14,17)(H,15,18). The zero-order valence-corrected chi connectivity index (χ0v) is 11.7. The Morgan fingerprint density at radius 2 is 2.16 bits per heavy atom. The van der Waals surface area contributed by atoms with Gasteiger partial charge >= 0.3 is 0 Å². The highest BCUT2D eigenvalue weighted by molar-refractivity contribution is 5.92. The van der Waals surface area contributed by atoms with Gasteiger partial charge in [0.25, 0.3) is 5.91 Å². The third kappa shape index (κ3) is 2.53. The smallest absolute Gasteiger partial charge is 0.272 e. The van der Waals surface area contributed by atoms with E-state index in [0.29, 0.717) is 11.5 Å². The quantitative estimate of drug-likeness (QED) is 0.850. The molecule has 1 saturated carbocycles. The molecule has 0 aromatic carbocycles. The fraction of sp³-hybridized carbons (Fsp3) is 0.615. The topological polar surface area (TPSA) is 76.1 Å². The molecule has 19 heavy (non-hydrogen) atoms. The molecule has 1 aromatic rings. The first-order chi connectivity index (χ1) is 8.98. The summed E-state index contributed by atoms with van der Waals surface area (Å²) in [6, 6.07) is 3.50. The first kappa shape index (κ1) is 13.7. The number of carbonyl (C=O) groups is 1. The molecule has 0 aliphatic heterocycles. The zero-order chi connectivity index (χ0) is 14.0. The summed E-state index contributed by atoms with van der Waals surface area (Å²) in [5.41, 5.74) is 0.276. The van der Waals surface area contributed by atoms with Gasteiger partial charge in [0.1, 0.15) is 5.82 Å². The SMILES string of the molecule is CNc1ccc(C(=O)NC2CC(OC)C2(C)C)nn1. The maximum Gasteiger partial charge on any atom is 0.272 e. The molecule has 1 fully saturated rings. The van der Waals surface area contributed by atoms with Crippen LogP contribution in [0.4, 0.5) is 5.82 Å². The Morgan fingerprint density at radius 3 is 2.63 bits per heavy atom. The molecule has 1 aliphatic carbocycles. The first-order valence-electron chi connectivity index (χ1n) is 6.34. The summed E-state index contributed by atoms with van der Waals surface area (Å²) in [5.74, 6) is 0.447. The number of nitrogens with zero attached hydrogens (tertiary/aromatic N) is 2. The van der Waals surface area contributed by atoms with E-state index in [-0.39, 0.29) is 23.5 Å². The van der Waals surface area contributed by atoms with E-state index < -0.39 is 0 Å². The molecule has 1 heterocycles. The van der Waals surface area contributed by atoms with Gasteiger partial charge in [0.15, 0.2) is 5.69 Å². The highest BCUT2D eigenvalue weighted by Gasteiger charge is 2.49. The highest BCUT2D eigenvalue weighted by Crippen LogP contribution is 2.42. The van der Waals surface area contributed by atoms with Crippen molar-refractivity contribution in [1.82, 2.24) is 15.5 Å². The number of hydrogen-bond donors (Lipinski definition) is 2. The molecule has 0 bridgehead atoms. The summed E-state index contributed by atoms with van der Waals surface area (Å²) in [6.07, 6.45) is 1.02. The number of methoxy groups -OCH3 is 1. The van der Waals surface area contributed by atoms with Gasteiger partial charge in [-0.1, -0.05) is 13.8 Å². The molecule has 104 valence electrons. The second-order valence-corrected chi connectivity index (χ2v) is 5.36. The molecule has 1 aliphatic rings. The van der Waals surface area contributed by atoms with Crippen molar-refractivity contribution in [2.75, 3.05) is 19.5 Å². The normalized spacial score (nSPS) is 24.4. The third-order valence-electron chi connectivity index (χ3n) is 3.92. The van der Waals surface area contributed by atoms with Gasteiger partial charge in [-0.3, -0.25) is 4.79 Å². The van der Waals surface area contributed by atoms with E-state index in [2.05, 4.69) is 34.7 Å². The number of carbonyl (C=O) groups excluding carboxylic acids is 1. The van der Waals surface area contributed by atoms with Crippen molar-refractivity contribution in [3.8, 4) is 0 Å². The second kappa shape index (κ2) is 5.13. The lowest BCUT2D eigenvalue weighted by atomic mass is 9.64. The minimum atomic E-state index is -0.192. The summed E-state index contributed by atoms with van der Waals surface area (Å²) in [6.45, 7) is 4.18. The van der Waals surface area contributed by atoms with Crippen LogP contribution in [0.2, 0.25) is 0 Å². The minimum absolute atomic E-state index is 0.0528. The summed E-state index contributed by atoms with van der Waals surface area (Å²) in [4.78, 5) is 12.1. The molecule has 2 rings (SSSR count). The monoisotopic (exact) mass is 264 g/mol. The van der Waals surface area contributed by atoms with Gasteiger partial charge in [0, 0.05) is 25.6 Å². The lowest BCUT2D eigenvalue weighted by molar-refractivity contribution is -0.0942. The fourth-order valence-corrected chi connectivity index (χ4v) is 2.35. The summed E-state index contributed by atoms with van der Waals surface area (Å²) < 4.78 is 5.36. The minimum Gasteiger partial charge on any atom is -0.381 e. The molecule has 1 amide bonds. The van der Waals surface area contributed by atoms with Crippen molar-refractivity contribution >= 4 is 11.7 Å². The van der Waals surface area contributed by atoms with E-state index in [1.807, 2.05) is 0 Å². The zero-order valence-electron chi connectivity index (χ0n) is 11.7. The van der Waals surface area contributed by atoms with Gasteiger partial charge in [-0.25, -0.2) is 0 Å². The predicted octanol–water partition coefficient (Wildman–Crippen LogP) is 1.06. The Hall–Kier alpha value is -1.69.